The van der Waals surface area contributed by atoms with Crippen LogP contribution in [0.3, 0.4) is 0 Å². The molecule has 0 saturated heterocycles. The third kappa shape index (κ3) is 5.36. The number of amides is 2. The van der Waals surface area contributed by atoms with E-state index in [0.717, 1.165) is 30.2 Å². The molecule has 0 radical (unpaired) electrons. The van der Waals surface area contributed by atoms with Gasteiger partial charge < -0.3 is 25.7 Å². The molecule has 0 atom stereocenters. The van der Waals surface area contributed by atoms with Crippen molar-refractivity contribution in [1.29, 1.82) is 5.26 Å². The maximum absolute atomic E-state index is 12.7. The Labute approximate surface area is 238 Å². The van der Waals surface area contributed by atoms with Crippen LogP contribution in [-0.4, -0.2) is 41.2 Å². The van der Waals surface area contributed by atoms with Crippen molar-refractivity contribution < 1.29 is 27.5 Å². The number of nitrogens with zero attached hydrogens (tertiary/aromatic N) is 3. The van der Waals surface area contributed by atoms with Crippen molar-refractivity contribution in [2.24, 2.45) is 0 Å². The van der Waals surface area contributed by atoms with Crippen LogP contribution in [0.25, 0.3) is 33.3 Å². The summed E-state index contributed by atoms with van der Waals surface area (Å²) >= 11 is 0. The molecule has 1 aliphatic rings. The van der Waals surface area contributed by atoms with Crippen molar-refractivity contribution in [3.8, 4) is 34.2 Å². The average molecular weight is 575 g/mol. The number of carbonyl (C=O) groups excluding carboxylic acids is 2. The highest BCUT2D eigenvalue weighted by Gasteiger charge is 2.34. The van der Waals surface area contributed by atoms with Gasteiger partial charge in [0.2, 0.25) is 5.91 Å². The van der Waals surface area contributed by atoms with Crippen LogP contribution in [0.1, 0.15) is 34.8 Å². The molecule has 9 nitrogen and oxygen atoms in total. The monoisotopic (exact) mass is 574 g/mol. The number of anilines is 2. The molecule has 1 saturated carbocycles. The molecule has 214 valence electrons. The number of hydrogen-bond donors (Lipinski definition) is 3. The van der Waals surface area contributed by atoms with Gasteiger partial charge in [-0.3, -0.25) is 9.59 Å². The van der Waals surface area contributed by atoms with Crippen molar-refractivity contribution in [2.45, 2.75) is 25.1 Å². The van der Waals surface area contributed by atoms with Gasteiger partial charge in [-0.15, -0.1) is 0 Å². The average Bonchev–Trinajstić information content (AvgIpc) is 3.75. The summed E-state index contributed by atoms with van der Waals surface area (Å²) < 4.78 is 45.6. The van der Waals surface area contributed by atoms with Crippen LogP contribution in [0, 0.1) is 11.3 Å². The van der Waals surface area contributed by atoms with Crippen LogP contribution in [0.4, 0.5) is 24.7 Å². The van der Waals surface area contributed by atoms with Gasteiger partial charge in [-0.05, 0) is 54.3 Å². The zero-order valence-electron chi connectivity index (χ0n) is 22.4. The van der Waals surface area contributed by atoms with Gasteiger partial charge >= 0.3 is 6.18 Å². The smallest absolute Gasteiger partial charge is 0.405 e. The first kappa shape index (κ1) is 28.2. The minimum atomic E-state index is -4.57. The number of ether oxygens (including phenoxy) is 1. The lowest BCUT2D eigenvalue weighted by molar-refractivity contribution is -0.123. The summed E-state index contributed by atoms with van der Waals surface area (Å²) in [5, 5.41) is 15.1. The van der Waals surface area contributed by atoms with Crippen molar-refractivity contribution >= 4 is 34.2 Å². The first-order valence-corrected chi connectivity index (χ1v) is 12.9. The second-order valence-corrected chi connectivity index (χ2v) is 9.70. The van der Waals surface area contributed by atoms with Crippen molar-refractivity contribution in [1.82, 2.24) is 14.9 Å². The Morgan fingerprint density at radius 2 is 1.90 bits per heavy atom. The van der Waals surface area contributed by atoms with E-state index in [1.165, 1.54) is 19.4 Å². The predicted molar refractivity (Wildman–Crippen MR) is 152 cm³/mol. The van der Waals surface area contributed by atoms with Crippen molar-refractivity contribution in [3.05, 3.63) is 72.4 Å². The topological polar surface area (TPSA) is 135 Å². The third-order valence-corrected chi connectivity index (χ3v) is 6.88. The predicted octanol–water partition coefficient (Wildman–Crippen LogP) is 5.58. The van der Waals surface area contributed by atoms with Crippen molar-refractivity contribution in [3.63, 3.8) is 0 Å². The summed E-state index contributed by atoms with van der Waals surface area (Å²) in [6.07, 6.45) is -0.241. The molecule has 2 heterocycles. The van der Waals surface area contributed by atoms with E-state index in [4.69, 9.17) is 10.5 Å². The van der Waals surface area contributed by atoms with Crippen LogP contribution in [0.2, 0.25) is 0 Å². The molecule has 1 fully saturated rings. The molecule has 0 aliphatic heterocycles. The van der Waals surface area contributed by atoms with Crippen molar-refractivity contribution in [2.75, 3.05) is 24.7 Å². The van der Waals surface area contributed by atoms with Gasteiger partial charge in [-0.1, -0.05) is 24.8 Å². The maximum atomic E-state index is 12.7. The number of nitrogens with two attached hydrogens (primary N) is 1. The van der Waals surface area contributed by atoms with Gasteiger partial charge in [0.15, 0.2) is 0 Å². The lowest BCUT2D eigenvalue weighted by Gasteiger charge is -2.15. The van der Waals surface area contributed by atoms with E-state index in [1.807, 2.05) is 17.4 Å². The zero-order chi connectivity index (χ0) is 30.2. The lowest BCUT2D eigenvalue weighted by atomic mass is 9.96. The summed E-state index contributed by atoms with van der Waals surface area (Å²) in [7, 11) is 1.31. The molecule has 4 N–H and O–H groups in total. The summed E-state index contributed by atoms with van der Waals surface area (Å²) in [5.74, 6) is -1.07. The van der Waals surface area contributed by atoms with E-state index >= 15 is 0 Å². The highest BCUT2D eigenvalue weighted by molar-refractivity contribution is 6.11. The molecule has 12 heteroatoms. The normalized spacial score (nSPS) is 12.9. The Hall–Kier alpha value is -5.31. The fourth-order valence-electron chi connectivity index (χ4n) is 4.92. The molecule has 0 bridgehead atoms. The Balaban J connectivity index is 1.74. The number of rotatable bonds is 8. The number of carbonyl (C=O) groups is 2. The molecular weight excluding hydrogens is 549 g/mol. The minimum Gasteiger partial charge on any atom is -0.496 e. The number of halogens is 3. The molecule has 2 aromatic heterocycles. The first-order chi connectivity index (χ1) is 20.1. The second-order valence-electron chi connectivity index (χ2n) is 9.70. The molecule has 0 spiro atoms. The molecule has 1 aliphatic carbocycles. The van der Waals surface area contributed by atoms with Crippen LogP contribution in [0.5, 0.6) is 5.75 Å². The number of nitrogen functional groups attached to an aromatic ring is 1. The number of fused-ring (bicyclic) bond motifs is 1. The number of methoxy groups -OCH3 is 1. The summed E-state index contributed by atoms with van der Waals surface area (Å²) in [6.45, 7) is 1.97. The molecule has 2 amide bonds. The van der Waals surface area contributed by atoms with E-state index in [-0.39, 0.29) is 29.1 Å². The zero-order valence-corrected chi connectivity index (χ0v) is 22.4. The molecular formula is C30H25F3N6O3. The second kappa shape index (κ2) is 10.9. The fraction of sp³-hybridized carbons (Fsp3) is 0.200. The number of nitrogens with one attached hydrogen (secondary N) is 2. The summed E-state index contributed by atoms with van der Waals surface area (Å²) in [6, 6.07) is 13.9. The molecule has 4 aromatic rings. The highest BCUT2D eigenvalue weighted by Crippen LogP contribution is 2.50. The number of aromatic nitrogens is 2. The molecule has 5 rings (SSSR count). The SMILES string of the molecule is C=CC(=O)Nc1ccc(-c2c(-c3ccc(C(=O)NCC(F)(F)F)c(OC)c3)c3c(N)ncc(C#N)c3n2C2CC2)cc1. The fourth-order valence-corrected chi connectivity index (χ4v) is 4.92. The van der Waals surface area contributed by atoms with Crippen LogP contribution >= 0.6 is 0 Å². The van der Waals surface area contributed by atoms with Crippen LogP contribution in [-0.2, 0) is 4.79 Å². The number of hydrogen-bond acceptors (Lipinski definition) is 6. The largest absolute Gasteiger partial charge is 0.496 e. The third-order valence-electron chi connectivity index (χ3n) is 6.88. The number of benzene rings is 2. The van der Waals surface area contributed by atoms with Gasteiger partial charge in [0.05, 0.1) is 34.8 Å². The quantitative estimate of drug-likeness (QED) is 0.235. The molecule has 2 aromatic carbocycles. The lowest BCUT2D eigenvalue weighted by Crippen LogP contribution is -2.33. The Morgan fingerprint density at radius 1 is 1.21 bits per heavy atom. The highest BCUT2D eigenvalue weighted by atomic mass is 19.4. The van der Waals surface area contributed by atoms with E-state index in [2.05, 4.69) is 27.5 Å². The minimum absolute atomic E-state index is 0.0518. The summed E-state index contributed by atoms with van der Waals surface area (Å²) in [4.78, 5) is 28.7. The van der Waals surface area contributed by atoms with E-state index in [9.17, 15) is 28.0 Å². The Kier molecular flexibility index (Phi) is 7.34. The van der Waals surface area contributed by atoms with Crippen LogP contribution in [0.15, 0.2) is 61.3 Å². The van der Waals surface area contributed by atoms with Gasteiger partial charge in [0.25, 0.3) is 5.91 Å². The maximum Gasteiger partial charge on any atom is 0.405 e. The van der Waals surface area contributed by atoms with E-state index in [1.54, 1.807) is 24.3 Å². The standard InChI is InChI=1S/C30H25F3N6O3/c1-3-23(40)38-19-7-4-16(5-8-19)26-24(25-27(39(26)20-9-10-20)18(13-34)14-36-28(25)35)17-6-11-21(22(12-17)42-2)29(41)37-15-30(31,32)33/h3-8,11-12,14,20H,1,9-10,15H2,2H3,(H2,35,36)(H,37,41)(H,38,40). The van der Waals surface area contributed by atoms with E-state index in [0.29, 0.717) is 33.3 Å². The number of alkyl halides is 3. The molecule has 0 unspecified atom stereocenters. The molecule has 42 heavy (non-hydrogen) atoms. The van der Waals surface area contributed by atoms with Gasteiger partial charge in [-0.25, -0.2) is 4.98 Å². The van der Waals surface area contributed by atoms with Gasteiger partial charge in [0.1, 0.15) is 24.2 Å². The Bertz CT molecular complexity index is 1770. The summed E-state index contributed by atoms with van der Waals surface area (Å²) in [5.41, 5.74) is 10.5. The van der Waals surface area contributed by atoms with Gasteiger partial charge in [-0.2, -0.15) is 18.4 Å². The first-order valence-electron chi connectivity index (χ1n) is 12.9. The number of pyridine rings is 1. The van der Waals surface area contributed by atoms with Crippen LogP contribution < -0.4 is 21.1 Å². The van der Waals surface area contributed by atoms with E-state index < -0.39 is 18.6 Å². The number of nitriles is 1. The Morgan fingerprint density at radius 3 is 2.50 bits per heavy atom. The van der Waals surface area contributed by atoms with Gasteiger partial charge in [0, 0.05) is 23.5 Å².